The van der Waals surface area contributed by atoms with E-state index in [2.05, 4.69) is 41.5 Å². The second-order valence-electron chi connectivity index (χ2n) is 8.65. The quantitative estimate of drug-likeness (QED) is 0.447. The first-order chi connectivity index (χ1) is 13.8. The monoisotopic (exact) mass is 462 g/mol. The molecular weight excluding hydrogens is 423 g/mol. The molecule has 0 heterocycles. The Morgan fingerprint density at radius 1 is 0.690 bits per heavy atom. The molecule has 0 atom stereocenters. The normalized spacial score (nSPS) is 11.6. The molecule has 2 aromatic rings. The van der Waals surface area contributed by atoms with Gasteiger partial charge >= 0.3 is 184 Å². The van der Waals surface area contributed by atoms with Crippen LogP contribution < -0.4 is 8.92 Å². The van der Waals surface area contributed by atoms with Crippen molar-refractivity contribution in [1.82, 2.24) is 0 Å². The van der Waals surface area contributed by atoms with Crippen molar-refractivity contribution in [3.05, 3.63) is 46.5 Å². The van der Waals surface area contributed by atoms with Crippen LogP contribution in [0.3, 0.4) is 0 Å². The van der Waals surface area contributed by atoms with E-state index in [-0.39, 0.29) is 15.0 Å². The molecule has 2 nitrogen and oxygen atoms in total. The Balaban J connectivity index is 2.58. The van der Waals surface area contributed by atoms with Crippen molar-refractivity contribution in [2.45, 2.75) is 91.9 Å². The number of phenolic OH excluding ortho intramolecular Hbond substituents is 2. The maximum atomic E-state index is 10.4. The second kappa shape index (κ2) is 11.1. The van der Waals surface area contributed by atoms with E-state index in [1.165, 1.54) is 31.2 Å². The van der Waals surface area contributed by atoms with Gasteiger partial charge in [-0.2, -0.15) is 0 Å². The van der Waals surface area contributed by atoms with E-state index in [1.54, 1.807) is 0 Å². The summed E-state index contributed by atoms with van der Waals surface area (Å²) in [6.45, 7) is 13.4. The molecule has 0 aliphatic heterocycles. The van der Waals surface area contributed by atoms with Gasteiger partial charge in [0.1, 0.15) is 0 Å². The van der Waals surface area contributed by atoms with Gasteiger partial charge in [-0.1, -0.05) is 0 Å². The molecule has 29 heavy (non-hydrogen) atoms. The Labute approximate surface area is 183 Å². The number of hydrogen-bond acceptors (Lipinski definition) is 2. The standard InChI is InChI=1S/C26H38O2Se/c1-7-9-11-19-13-21(27)15-23(25(19)17(3)4)29-24-16-22(28)14-20(12-10-8-2)26(24)18(5)6/h13-18,27-28H,7-12H2,1-6H3. The molecule has 2 aromatic carbocycles. The van der Waals surface area contributed by atoms with Gasteiger partial charge < -0.3 is 0 Å². The average molecular weight is 462 g/mol. The molecule has 0 spiro atoms. The SMILES string of the molecule is CCCCc1cc(O)cc([Se]c2cc(O)cc(CCCC)c2C(C)C)c1C(C)C. The Hall–Kier alpha value is -1.44. The molecule has 0 unspecified atom stereocenters. The number of benzene rings is 2. The van der Waals surface area contributed by atoms with Crippen molar-refractivity contribution in [2.75, 3.05) is 0 Å². The predicted molar refractivity (Wildman–Crippen MR) is 127 cm³/mol. The van der Waals surface area contributed by atoms with Gasteiger partial charge in [-0.15, -0.1) is 0 Å². The van der Waals surface area contributed by atoms with E-state index in [0.29, 0.717) is 23.3 Å². The zero-order valence-electron chi connectivity index (χ0n) is 19.0. The van der Waals surface area contributed by atoms with Crippen LogP contribution in [-0.4, -0.2) is 25.2 Å². The fourth-order valence-corrected chi connectivity index (χ4v) is 7.33. The molecule has 160 valence electrons. The van der Waals surface area contributed by atoms with Gasteiger partial charge in [-0.3, -0.25) is 0 Å². The minimum absolute atomic E-state index is 0.0403. The molecule has 3 heteroatoms. The van der Waals surface area contributed by atoms with E-state index in [0.717, 1.165) is 38.5 Å². The zero-order valence-corrected chi connectivity index (χ0v) is 20.7. The van der Waals surface area contributed by atoms with Crippen LogP contribution in [-0.2, 0) is 12.8 Å². The molecular formula is C26H38O2Se. The van der Waals surface area contributed by atoms with E-state index < -0.39 is 0 Å². The van der Waals surface area contributed by atoms with Gasteiger partial charge in [0.15, 0.2) is 0 Å². The van der Waals surface area contributed by atoms with Crippen molar-refractivity contribution < 1.29 is 10.2 Å². The first kappa shape index (κ1) is 23.8. The summed E-state index contributed by atoms with van der Waals surface area (Å²) in [6.07, 6.45) is 6.61. The topological polar surface area (TPSA) is 40.5 Å². The first-order valence-corrected chi connectivity index (χ1v) is 12.9. The summed E-state index contributed by atoms with van der Waals surface area (Å²) >= 11 is 0.0403. The minimum atomic E-state index is 0.0403. The summed E-state index contributed by atoms with van der Waals surface area (Å²) in [7, 11) is 0. The summed E-state index contributed by atoms with van der Waals surface area (Å²) in [6, 6.07) is 7.85. The Kier molecular flexibility index (Phi) is 9.11. The van der Waals surface area contributed by atoms with Crippen LogP contribution in [0.15, 0.2) is 24.3 Å². The van der Waals surface area contributed by atoms with Crippen LogP contribution in [0.4, 0.5) is 0 Å². The molecule has 0 fully saturated rings. The number of aromatic hydroxyl groups is 2. The van der Waals surface area contributed by atoms with Crippen molar-refractivity contribution in [3.63, 3.8) is 0 Å². The molecule has 0 saturated carbocycles. The molecule has 0 amide bonds. The fourth-order valence-electron chi connectivity index (χ4n) is 4.08. The van der Waals surface area contributed by atoms with Gasteiger partial charge in [0.25, 0.3) is 0 Å². The third-order valence-electron chi connectivity index (χ3n) is 5.40. The van der Waals surface area contributed by atoms with Crippen molar-refractivity contribution in [1.29, 1.82) is 0 Å². The van der Waals surface area contributed by atoms with Gasteiger partial charge in [0.2, 0.25) is 0 Å². The fraction of sp³-hybridized carbons (Fsp3) is 0.538. The van der Waals surface area contributed by atoms with E-state index in [1.807, 2.05) is 24.3 Å². The summed E-state index contributed by atoms with van der Waals surface area (Å²) in [5.74, 6) is 1.57. The summed E-state index contributed by atoms with van der Waals surface area (Å²) < 4.78 is 2.51. The molecule has 2 rings (SSSR count). The van der Waals surface area contributed by atoms with Crippen LogP contribution in [0.5, 0.6) is 11.5 Å². The van der Waals surface area contributed by atoms with E-state index in [9.17, 15) is 10.2 Å². The van der Waals surface area contributed by atoms with Gasteiger partial charge in [0, 0.05) is 0 Å². The Morgan fingerprint density at radius 2 is 1.07 bits per heavy atom. The second-order valence-corrected chi connectivity index (χ2v) is 10.9. The summed E-state index contributed by atoms with van der Waals surface area (Å²) in [5, 5.41) is 20.9. The predicted octanol–water partition coefficient (Wildman–Crippen LogP) is 5.68. The number of rotatable bonds is 10. The molecule has 2 N–H and O–H groups in total. The van der Waals surface area contributed by atoms with Crippen LogP contribution in [0.25, 0.3) is 0 Å². The van der Waals surface area contributed by atoms with Gasteiger partial charge in [-0.05, 0) is 0 Å². The summed E-state index contributed by atoms with van der Waals surface area (Å²) in [4.78, 5) is 0. The Morgan fingerprint density at radius 3 is 1.38 bits per heavy atom. The molecule has 0 aliphatic carbocycles. The van der Waals surface area contributed by atoms with Gasteiger partial charge in [0.05, 0.1) is 0 Å². The number of unbranched alkanes of at least 4 members (excludes halogenated alkanes) is 2. The zero-order chi connectivity index (χ0) is 21.6. The number of hydrogen-bond donors (Lipinski definition) is 2. The Bertz CT molecular complexity index is 741. The maximum absolute atomic E-state index is 10.4. The molecule has 0 bridgehead atoms. The third-order valence-corrected chi connectivity index (χ3v) is 7.74. The van der Waals surface area contributed by atoms with Crippen molar-refractivity contribution in [2.24, 2.45) is 0 Å². The summed E-state index contributed by atoms with van der Waals surface area (Å²) in [5.41, 5.74) is 5.36. The molecule has 0 aromatic heterocycles. The molecule has 0 saturated heterocycles. The van der Waals surface area contributed by atoms with Crippen LogP contribution in [0.1, 0.15) is 101 Å². The van der Waals surface area contributed by atoms with E-state index >= 15 is 0 Å². The van der Waals surface area contributed by atoms with Gasteiger partial charge in [-0.25, -0.2) is 0 Å². The molecule has 0 aliphatic rings. The average Bonchev–Trinajstić information content (AvgIpc) is 2.63. The first-order valence-electron chi connectivity index (χ1n) is 11.2. The number of aryl methyl sites for hydroxylation is 2. The van der Waals surface area contributed by atoms with Crippen LogP contribution in [0, 0.1) is 0 Å². The van der Waals surface area contributed by atoms with Crippen LogP contribution >= 0.6 is 0 Å². The van der Waals surface area contributed by atoms with E-state index in [4.69, 9.17) is 0 Å². The van der Waals surface area contributed by atoms with Crippen LogP contribution in [0.2, 0.25) is 0 Å². The van der Waals surface area contributed by atoms with Crippen molar-refractivity contribution >= 4 is 23.9 Å². The number of phenols is 2. The molecule has 0 radical (unpaired) electrons. The third kappa shape index (κ3) is 6.27. The van der Waals surface area contributed by atoms with Crippen molar-refractivity contribution in [3.8, 4) is 11.5 Å².